The van der Waals surface area contributed by atoms with Crippen molar-refractivity contribution in [1.29, 1.82) is 0 Å². The van der Waals surface area contributed by atoms with E-state index in [2.05, 4.69) is 41.4 Å². The molecule has 3 N–H and O–H groups in total. The number of benzene rings is 2. The molecule has 1 amide bonds. The topological polar surface area (TPSA) is 71.8 Å². The lowest BCUT2D eigenvalue weighted by molar-refractivity contribution is 0.100. The monoisotopic (exact) mass is 329 g/mol. The third kappa shape index (κ3) is 3.11. The van der Waals surface area contributed by atoms with Crippen molar-refractivity contribution in [1.82, 2.24) is 9.97 Å². The maximum atomic E-state index is 11.2. The molecular formula is C21H19N3O. The summed E-state index contributed by atoms with van der Waals surface area (Å²) in [7, 11) is 0. The number of carbonyl (C=O) groups excluding carboxylic acids is 1. The molecule has 0 spiro atoms. The molecule has 1 aliphatic carbocycles. The van der Waals surface area contributed by atoms with Gasteiger partial charge in [0.1, 0.15) is 5.82 Å². The number of hydrogen-bond donors (Lipinski definition) is 2. The molecule has 0 saturated carbocycles. The van der Waals surface area contributed by atoms with Crippen LogP contribution in [-0.4, -0.2) is 15.9 Å². The van der Waals surface area contributed by atoms with Crippen molar-refractivity contribution >= 4 is 16.9 Å². The van der Waals surface area contributed by atoms with Crippen LogP contribution < -0.4 is 5.73 Å². The zero-order valence-electron chi connectivity index (χ0n) is 13.8. The Morgan fingerprint density at radius 2 is 2.00 bits per heavy atom. The number of fused-ring (bicyclic) bond motifs is 1. The molecule has 0 saturated heterocycles. The second-order valence-electron chi connectivity index (χ2n) is 6.33. The van der Waals surface area contributed by atoms with Gasteiger partial charge in [-0.3, -0.25) is 4.79 Å². The van der Waals surface area contributed by atoms with Gasteiger partial charge >= 0.3 is 0 Å². The quantitative estimate of drug-likeness (QED) is 0.763. The maximum Gasteiger partial charge on any atom is 0.248 e. The second kappa shape index (κ2) is 6.40. The summed E-state index contributed by atoms with van der Waals surface area (Å²) in [6.45, 7) is 0. The molecule has 1 heterocycles. The van der Waals surface area contributed by atoms with Gasteiger partial charge in [0.15, 0.2) is 0 Å². The number of para-hydroxylation sites is 1. The van der Waals surface area contributed by atoms with Gasteiger partial charge in [-0.1, -0.05) is 48.6 Å². The molecule has 0 bridgehead atoms. The Balaban J connectivity index is 1.65. The van der Waals surface area contributed by atoms with Gasteiger partial charge in [-0.05, 0) is 42.2 Å². The Kier molecular flexibility index (Phi) is 3.94. The van der Waals surface area contributed by atoms with Crippen molar-refractivity contribution in [2.75, 3.05) is 0 Å². The SMILES string of the molecule is NC(=O)c1ccc(Cc2cccc3[nH]c(C4C=CC=CC4)nc23)cc1. The van der Waals surface area contributed by atoms with Gasteiger partial charge in [0.05, 0.1) is 11.0 Å². The van der Waals surface area contributed by atoms with E-state index in [9.17, 15) is 4.79 Å². The molecule has 0 fully saturated rings. The summed E-state index contributed by atoms with van der Waals surface area (Å²) in [6, 6.07) is 13.6. The van der Waals surface area contributed by atoms with Gasteiger partial charge in [-0.15, -0.1) is 0 Å². The summed E-state index contributed by atoms with van der Waals surface area (Å²) in [5.41, 5.74) is 10.2. The first-order valence-electron chi connectivity index (χ1n) is 8.40. The van der Waals surface area contributed by atoms with Gasteiger partial charge < -0.3 is 10.7 Å². The predicted molar refractivity (Wildman–Crippen MR) is 99.5 cm³/mol. The van der Waals surface area contributed by atoms with Crippen LogP contribution in [0.2, 0.25) is 0 Å². The predicted octanol–water partition coefficient (Wildman–Crippen LogP) is 3.85. The number of H-pyrrole nitrogens is 1. The number of hydrogen-bond acceptors (Lipinski definition) is 2. The summed E-state index contributed by atoms with van der Waals surface area (Å²) in [6.07, 6.45) is 10.2. The Morgan fingerprint density at radius 1 is 1.16 bits per heavy atom. The molecule has 1 aromatic heterocycles. The van der Waals surface area contributed by atoms with Crippen molar-refractivity contribution in [3.8, 4) is 0 Å². The fraction of sp³-hybridized carbons (Fsp3) is 0.143. The number of nitrogens with zero attached hydrogens (tertiary/aromatic N) is 1. The van der Waals surface area contributed by atoms with Crippen molar-refractivity contribution in [2.24, 2.45) is 5.73 Å². The van der Waals surface area contributed by atoms with Crippen LogP contribution in [0.5, 0.6) is 0 Å². The third-order valence-corrected chi connectivity index (χ3v) is 4.58. The Morgan fingerprint density at radius 3 is 2.72 bits per heavy atom. The number of amides is 1. The zero-order valence-corrected chi connectivity index (χ0v) is 13.8. The minimum atomic E-state index is -0.403. The van der Waals surface area contributed by atoms with E-state index in [-0.39, 0.29) is 0 Å². The van der Waals surface area contributed by atoms with Crippen LogP contribution in [0.25, 0.3) is 11.0 Å². The third-order valence-electron chi connectivity index (χ3n) is 4.58. The molecule has 0 radical (unpaired) electrons. The standard InChI is InChI=1S/C21H19N3O/c22-20(25)15-11-9-14(10-12-15)13-17-7-4-8-18-19(17)24-21(23-18)16-5-2-1-3-6-16/h1-5,7-12,16H,6,13H2,(H2,22,25)(H,23,24). The van der Waals surface area contributed by atoms with E-state index in [1.54, 1.807) is 12.1 Å². The van der Waals surface area contributed by atoms with Gasteiger partial charge in [0, 0.05) is 11.5 Å². The molecule has 4 nitrogen and oxygen atoms in total. The molecular weight excluding hydrogens is 310 g/mol. The largest absolute Gasteiger partial charge is 0.366 e. The first-order valence-corrected chi connectivity index (χ1v) is 8.40. The summed E-state index contributed by atoms with van der Waals surface area (Å²) in [4.78, 5) is 19.5. The minimum absolute atomic E-state index is 0.306. The molecule has 0 aliphatic heterocycles. The number of rotatable bonds is 4. The fourth-order valence-electron chi connectivity index (χ4n) is 3.22. The lowest BCUT2D eigenvalue weighted by Gasteiger charge is -2.08. The maximum absolute atomic E-state index is 11.2. The van der Waals surface area contributed by atoms with Crippen LogP contribution in [0.15, 0.2) is 66.8 Å². The molecule has 1 unspecified atom stereocenters. The first kappa shape index (κ1) is 15.4. The molecule has 1 aliphatic rings. The van der Waals surface area contributed by atoms with Crippen molar-refractivity contribution in [3.63, 3.8) is 0 Å². The van der Waals surface area contributed by atoms with Crippen LogP contribution in [0.3, 0.4) is 0 Å². The Labute approximate surface area is 146 Å². The van der Waals surface area contributed by atoms with E-state index in [0.29, 0.717) is 11.5 Å². The molecule has 124 valence electrons. The average Bonchev–Trinajstić information content (AvgIpc) is 3.08. The van der Waals surface area contributed by atoms with Gasteiger partial charge in [0.2, 0.25) is 5.91 Å². The highest BCUT2D eigenvalue weighted by molar-refractivity contribution is 5.92. The number of aromatic amines is 1. The molecule has 4 heteroatoms. The first-order chi connectivity index (χ1) is 12.2. The summed E-state index contributed by atoms with van der Waals surface area (Å²) in [5.74, 6) is 0.910. The Hall–Kier alpha value is -3.14. The van der Waals surface area contributed by atoms with Crippen LogP contribution in [0.4, 0.5) is 0 Å². The van der Waals surface area contributed by atoms with Gasteiger partial charge in [0.25, 0.3) is 0 Å². The lowest BCUT2D eigenvalue weighted by Crippen LogP contribution is -2.10. The number of allylic oxidation sites excluding steroid dienone is 4. The number of imidazole rings is 1. The van der Waals surface area contributed by atoms with Gasteiger partial charge in [-0.2, -0.15) is 0 Å². The molecule has 25 heavy (non-hydrogen) atoms. The molecule has 3 aromatic rings. The number of primary amides is 1. The van der Waals surface area contributed by atoms with Crippen molar-refractivity contribution in [3.05, 3.63) is 89.3 Å². The summed E-state index contributed by atoms with van der Waals surface area (Å²) < 4.78 is 0. The fourth-order valence-corrected chi connectivity index (χ4v) is 3.22. The number of nitrogens with one attached hydrogen (secondary N) is 1. The molecule has 2 aromatic carbocycles. The van der Waals surface area contributed by atoms with E-state index in [1.165, 1.54) is 5.56 Å². The highest BCUT2D eigenvalue weighted by Crippen LogP contribution is 2.26. The number of nitrogens with two attached hydrogens (primary N) is 1. The van der Waals surface area contributed by atoms with Crippen LogP contribution in [0.1, 0.15) is 39.6 Å². The molecule has 4 rings (SSSR count). The molecule has 1 atom stereocenters. The van der Waals surface area contributed by atoms with E-state index in [0.717, 1.165) is 35.3 Å². The number of aromatic nitrogens is 2. The normalized spacial score (nSPS) is 16.4. The second-order valence-corrected chi connectivity index (χ2v) is 6.33. The average molecular weight is 329 g/mol. The highest BCUT2D eigenvalue weighted by Gasteiger charge is 2.15. The summed E-state index contributed by atoms with van der Waals surface area (Å²) >= 11 is 0. The Bertz CT molecular complexity index is 980. The highest BCUT2D eigenvalue weighted by atomic mass is 16.1. The van der Waals surface area contributed by atoms with Crippen LogP contribution in [0, 0.1) is 0 Å². The van der Waals surface area contributed by atoms with Crippen molar-refractivity contribution < 1.29 is 4.79 Å². The lowest BCUT2D eigenvalue weighted by atomic mass is 10.0. The van der Waals surface area contributed by atoms with Crippen molar-refractivity contribution in [2.45, 2.75) is 18.8 Å². The van der Waals surface area contributed by atoms with Gasteiger partial charge in [-0.25, -0.2) is 4.98 Å². The van der Waals surface area contributed by atoms with E-state index in [1.807, 2.05) is 18.2 Å². The van der Waals surface area contributed by atoms with E-state index < -0.39 is 5.91 Å². The van der Waals surface area contributed by atoms with E-state index in [4.69, 9.17) is 10.7 Å². The minimum Gasteiger partial charge on any atom is -0.366 e. The zero-order chi connectivity index (χ0) is 17.2. The smallest absolute Gasteiger partial charge is 0.248 e. The number of carbonyl (C=O) groups is 1. The van der Waals surface area contributed by atoms with Crippen LogP contribution in [-0.2, 0) is 6.42 Å². The van der Waals surface area contributed by atoms with E-state index >= 15 is 0 Å². The summed E-state index contributed by atoms with van der Waals surface area (Å²) in [5, 5.41) is 0. The van der Waals surface area contributed by atoms with Crippen LogP contribution >= 0.6 is 0 Å².